The third-order valence-electron chi connectivity index (χ3n) is 3.27. The molecular weight excluding hydrogens is 358 g/mol. The molecule has 0 aliphatic carbocycles. The first-order chi connectivity index (χ1) is 12.7. The maximum Gasteiger partial charge on any atom is 0.343 e. The molecule has 0 aliphatic rings. The van der Waals surface area contributed by atoms with E-state index in [0.29, 0.717) is 31.2 Å². The van der Waals surface area contributed by atoms with Crippen molar-refractivity contribution in [1.29, 1.82) is 0 Å². The van der Waals surface area contributed by atoms with Crippen molar-refractivity contribution in [2.24, 2.45) is 0 Å². The highest BCUT2D eigenvalue weighted by atomic mass is 32.1. The molecule has 1 unspecified atom stereocenters. The predicted octanol–water partition coefficient (Wildman–Crippen LogP) is 1.71. The molecule has 1 aromatic heterocycles. The topological polar surface area (TPSA) is 86.3 Å². The van der Waals surface area contributed by atoms with Crippen LogP contribution in [-0.2, 0) is 9.53 Å². The molecule has 0 spiro atoms. The lowest BCUT2D eigenvalue weighted by Crippen LogP contribution is -2.33. The van der Waals surface area contributed by atoms with Gasteiger partial charge >= 0.3 is 5.97 Å². The molecule has 0 bridgehead atoms. The summed E-state index contributed by atoms with van der Waals surface area (Å²) in [5, 5.41) is 16.8. The van der Waals surface area contributed by atoms with Gasteiger partial charge in [-0.05, 0) is 35.7 Å². The lowest BCUT2D eigenvalue weighted by atomic mass is 10.3. The van der Waals surface area contributed by atoms with Gasteiger partial charge in [-0.25, -0.2) is 4.79 Å². The maximum absolute atomic E-state index is 11.0. The number of hydrogen-bond donors (Lipinski definition) is 2. The highest BCUT2D eigenvalue weighted by molar-refractivity contribution is 7.08. The van der Waals surface area contributed by atoms with Crippen molar-refractivity contribution in [1.82, 2.24) is 5.32 Å². The number of rotatable bonds is 12. The number of aliphatic hydroxyl groups is 1. The molecule has 0 fully saturated rings. The second-order valence-corrected chi connectivity index (χ2v) is 6.09. The number of hydrogen-bond acceptors (Lipinski definition) is 8. The summed E-state index contributed by atoms with van der Waals surface area (Å²) >= 11 is 1.55. The van der Waals surface area contributed by atoms with Gasteiger partial charge in [-0.2, -0.15) is 0 Å². The molecule has 2 aromatic rings. The predicted molar refractivity (Wildman–Crippen MR) is 98.1 cm³/mol. The summed E-state index contributed by atoms with van der Waals surface area (Å²) in [6, 6.07) is 8.82. The fourth-order valence-electron chi connectivity index (χ4n) is 1.93. The van der Waals surface area contributed by atoms with E-state index in [9.17, 15) is 9.90 Å². The number of carbonyl (C=O) groups is 1. The lowest BCUT2D eigenvalue weighted by Gasteiger charge is -2.13. The molecule has 1 heterocycles. The molecule has 1 aromatic carbocycles. The van der Waals surface area contributed by atoms with E-state index in [2.05, 4.69) is 10.1 Å². The molecule has 2 N–H and O–H groups in total. The Bertz CT molecular complexity index is 632. The SMILES string of the molecule is COC(=O)COc1ccc(OCCNCC(O)COc2ccsc2)cc1. The third-order valence-corrected chi connectivity index (χ3v) is 3.93. The molecular formula is C18H23NO6S. The summed E-state index contributed by atoms with van der Waals surface area (Å²) in [5.74, 6) is 1.60. The number of esters is 1. The van der Waals surface area contributed by atoms with E-state index >= 15 is 0 Å². The minimum atomic E-state index is -0.582. The number of benzene rings is 1. The quantitative estimate of drug-likeness (QED) is 0.428. The molecule has 0 radical (unpaired) electrons. The Morgan fingerprint density at radius 2 is 1.85 bits per heavy atom. The van der Waals surface area contributed by atoms with E-state index in [1.807, 2.05) is 16.8 Å². The summed E-state index contributed by atoms with van der Waals surface area (Å²) in [5.41, 5.74) is 0. The van der Waals surface area contributed by atoms with Crippen LogP contribution in [0.4, 0.5) is 0 Å². The maximum atomic E-state index is 11.0. The van der Waals surface area contributed by atoms with Crippen LogP contribution >= 0.6 is 11.3 Å². The van der Waals surface area contributed by atoms with Gasteiger partial charge in [-0.3, -0.25) is 0 Å². The first-order valence-corrected chi connectivity index (χ1v) is 9.08. The Labute approximate surface area is 156 Å². The Morgan fingerprint density at radius 1 is 1.12 bits per heavy atom. The van der Waals surface area contributed by atoms with Gasteiger partial charge in [-0.15, -0.1) is 11.3 Å². The van der Waals surface area contributed by atoms with Crippen LogP contribution in [0.5, 0.6) is 17.2 Å². The number of carbonyl (C=O) groups excluding carboxylic acids is 1. The Kier molecular flexibility index (Phi) is 8.74. The fraction of sp³-hybridized carbons (Fsp3) is 0.389. The van der Waals surface area contributed by atoms with Gasteiger partial charge in [0.1, 0.15) is 36.6 Å². The minimum Gasteiger partial charge on any atom is -0.492 e. The van der Waals surface area contributed by atoms with Gasteiger partial charge in [0.25, 0.3) is 0 Å². The standard InChI is InChI=1S/C18H23NO6S/c1-22-18(21)12-25-16-4-2-15(3-5-16)23-8-7-19-10-14(20)11-24-17-6-9-26-13-17/h2-6,9,13-14,19-20H,7-8,10-12H2,1H3. The highest BCUT2D eigenvalue weighted by Gasteiger charge is 2.05. The van der Waals surface area contributed by atoms with Gasteiger partial charge in [0.05, 0.1) is 7.11 Å². The minimum absolute atomic E-state index is 0.126. The second kappa shape index (κ2) is 11.3. The molecule has 0 aliphatic heterocycles. The van der Waals surface area contributed by atoms with Crippen molar-refractivity contribution in [2.75, 3.05) is 40.0 Å². The van der Waals surface area contributed by atoms with Crippen LogP contribution in [0.2, 0.25) is 0 Å². The zero-order valence-electron chi connectivity index (χ0n) is 14.6. The van der Waals surface area contributed by atoms with Gasteiger partial charge in [0.2, 0.25) is 0 Å². The number of methoxy groups -OCH3 is 1. The van der Waals surface area contributed by atoms with E-state index < -0.39 is 12.1 Å². The summed E-state index contributed by atoms with van der Waals surface area (Å²) in [7, 11) is 1.31. The number of nitrogens with one attached hydrogen (secondary N) is 1. The molecule has 1 atom stereocenters. The van der Waals surface area contributed by atoms with Crippen molar-refractivity contribution in [3.63, 3.8) is 0 Å². The van der Waals surface area contributed by atoms with E-state index in [1.165, 1.54) is 7.11 Å². The van der Waals surface area contributed by atoms with Crippen LogP contribution in [0.3, 0.4) is 0 Å². The molecule has 0 amide bonds. The number of thiophene rings is 1. The zero-order valence-corrected chi connectivity index (χ0v) is 15.4. The molecule has 7 nitrogen and oxygen atoms in total. The second-order valence-electron chi connectivity index (χ2n) is 5.31. The summed E-state index contributed by atoms with van der Waals surface area (Å²) in [6.45, 7) is 1.60. The fourth-order valence-corrected chi connectivity index (χ4v) is 2.50. The summed E-state index contributed by atoms with van der Waals surface area (Å²) in [6.07, 6.45) is -0.582. The lowest BCUT2D eigenvalue weighted by molar-refractivity contribution is -0.142. The molecule has 8 heteroatoms. The van der Waals surface area contributed by atoms with Gasteiger partial charge in [0.15, 0.2) is 6.61 Å². The smallest absolute Gasteiger partial charge is 0.343 e. The van der Waals surface area contributed by atoms with Crippen LogP contribution in [-0.4, -0.2) is 57.2 Å². The van der Waals surface area contributed by atoms with E-state index in [0.717, 1.165) is 5.75 Å². The Morgan fingerprint density at radius 3 is 2.50 bits per heavy atom. The molecule has 2 rings (SSSR count). The largest absolute Gasteiger partial charge is 0.492 e. The molecule has 0 saturated heterocycles. The van der Waals surface area contributed by atoms with Crippen LogP contribution in [0, 0.1) is 0 Å². The van der Waals surface area contributed by atoms with Gasteiger partial charge < -0.3 is 29.4 Å². The van der Waals surface area contributed by atoms with Crippen molar-refractivity contribution in [3.05, 3.63) is 41.1 Å². The van der Waals surface area contributed by atoms with Crippen molar-refractivity contribution >= 4 is 17.3 Å². The Hall–Kier alpha value is -2.29. The van der Waals surface area contributed by atoms with E-state index in [4.69, 9.17) is 14.2 Å². The van der Waals surface area contributed by atoms with Gasteiger partial charge in [-0.1, -0.05) is 0 Å². The number of ether oxygens (including phenoxy) is 4. The van der Waals surface area contributed by atoms with Crippen LogP contribution < -0.4 is 19.5 Å². The Balaban J connectivity index is 1.54. The summed E-state index contributed by atoms with van der Waals surface area (Å²) < 4.78 is 20.8. The average Bonchev–Trinajstić information content (AvgIpc) is 3.18. The molecule has 26 heavy (non-hydrogen) atoms. The first kappa shape index (κ1) is 20.0. The summed E-state index contributed by atoms with van der Waals surface area (Å²) in [4.78, 5) is 11.0. The van der Waals surface area contributed by atoms with Crippen LogP contribution in [0.1, 0.15) is 0 Å². The van der Waals surface area contributed by atoms with Crippen LogP contribution in [0.25, 0.3) is 0 Å². The van der Waals surface area contributed by atoms with Crippen molar-refractivity contribution < 1.29 is 28.8 Å². The normalized spacial score (nSPS) is 11.6. The number of aliphatic hydroxyl groups excluding tert-OH is 1. The zero-order chi connectivity index (χ0) is 18.6. The van der Waals surface area contributed by atoms with Gasteiger partial charge in [0, 0.05) is 18.5 Å². The highest BCUT2D eigenvalue weighted by Crippen LogP contribution is 2.17. The third kappa shape index (κ3) is 7.73. The van der Waals surface area contributed by atoms with E-state index in [-0.39, 0.29) is 13.2 Å². The first-order valence-electron chi connectivity index (χ1n) is 8.13. The van der Waals surface area contributed by atoms with Crippen LogP contribution in [0.15, 0.2) is 41.1 Å². The van der Waals surface area contributed by atoms with Crippen molar-refractivity contribution in [2.45, 2.75) is 6.10 Å². The van der Waals surface area contributed by atoms with E-state index in [1.54, 1.807) is 35.6 Å². The average molecular weight is 381 g/mol. The van der Waals surface area contributed by atoms with Crippen molar-refractivity contribution in [3.8, 4) is 17.2 Å². The molecule has 142 valence electrons. The molecule has 0 saturated carbocycles. The monoisotopic (exact) mass is 381 g/mol.